The molecule has 2 aliphatic heterocycles. The van der Waals surface area contributed by atoms with Gasteiger partial charge in [0.1, 0.15) is 0 Å². The van der Waals surface area contributed by atoms with Crippen LogP contribution in [0.25, 0.3) is 0 Å². The zero-order chi connectivity index (χ0) is 17.8. The van der Waals surface area contributed by atoms with Crippen molar-refractivity contribution < 1.29 is 9.31 Å². The Morgan fingerprint density at radius 1 is 1.00 bits per heavy atom. The van der Waals surface area contributed by atoms with Gasteiger partial charge in [-0.1, -0.05) is 50.3 Å². The lowest BCUT2D eigenvalue weighted by Gasteiger charge is -2.32. The molecule has 1 fully saturated rings. The Hall–Kier alpha value is -1.10. The van der Waals surface area contributed by atoms with Gasteiger partial charge in [-0.3, -0.25) is 4.90 Å². The van der Waals surface area contributed by atoms with Gasteiger partial charge in [0.2, 0.25) is 0 Å². The largest absolute Gasteiger partial charge is 0.490 e. The fourth-order valence-corrected chi connectivity index (χ4v) is 2.92. The minimum Gasteiger partial charge on any atom is -0.400 e. The molecular weight excluding hydrogens is 297 g/mol. The predicted octanol–water partition coefficient (Wildman–Crippen LogP) is 4.48. The normalized spacial score (nSPS) is 22.6. The van der Waals surface area contributed by atoms with Gasteiger partial charge >= 0.3 is 7.12 Å². The first-order chi connectivity index (χ1) is 11.4. The quantitative estimate of drug-likeness (QED) is 0.764. The molecule has 0 atom stereocenters. The molecule has 2 aliphatic rings. The lowest BCUT2D eigenvalue weighted by atomic mass is 9.74. The van der Waals surface area contributed by atoms with E-state index >= 15 is 0 Å². The molecular formula is C20H32BNO2. The molecule has 24 heavy (non-hydrogen) atoms. The van der Waals surface area contributed by atoms with Crippen LogP contribution in [-0.4, -0.2) is 36.3 Å². The van der Waals surface area contributed by atoms with E-state index in [0.29, 0.717) is 0 Å². The Morgan fingerprint density at radius 2 is 1.58 bits per heavy atom. The van der Waals surface area contributed by atoms with Crippen molar-refractivity contribution in [3.8, 4) is 0 Å². The van der Waals surface area contributed by atoms with Crippen LogP contribution in [0.15, 0.2) is 41.9 Å². The summed E-state index contributed by atoms with van der Waals surface area (Å²) < 4.78 is 12.3. The van der Waals surface area contributed by atoms with Gasteiger partial charge in [-0.15, -0.1) is 0 Å². The zero-order valence-electron chi connectivity index (χ0n) is 16.1. The predicted molar refractivity (Wildman–Crippen MR) is 102 cm³/mol. The van der Waals surface area contributed by atoms with E-state index in [1.165, 1.54) is 11.0 Å². The van der Waals surface area contributed by atoms with Crippen molar-refractivity contribution in [1.82, 2.24) is 4.90 Å². The highest BCUT2D eigenvalue weighted by Gasteiger charge is 2.52. The van der Waals surface area contributed by atoms with Gasteiger partial charge in [-0.2, -0.15) is 0 Å². The maximum atomic E-state index is 6.15. The van der Waals surface area contributed by atoms with Gasteiger partial charge in [-0.05, 0) is 45.2 Å². The lowest BCUT2D eigenvalue weighted by molar-refractivity contribution is 0.00578. The molecule has 3 nitrogen and oxygen atoms in total. The van der Waals surface area contributed by atoms with Crippen molar-refractivity contribution >= 4 is 7.12 Å². The second-order valence-electron chi connectivity index (χ2n) is 7.34. The Labute approximate surface area is 148 Å². The summed E-state index contributed by atoms with van der Waals surface area (Å²) in [5.74, 6) is 0. The summed E-state index contributed by atoms with van der Waals surface area (Å²) in [6.45, 7) is 15.5. The van der Waals surface area contributed by atoms with Gasteiger partial charge < -0.3 is 9.31 Å². The van der Waals surface area contributed by atoms with Gasteiger partial charge in [0.05, 0.1) is 11.2 Å². The average molecular weight is 329 g/mol. The highest BCUT2D eigenvalue weighted by molar-refractivity contribution is 6.54. The zero-order valence-corrected chi connectivity index (χ0v) is 16.1. The van der Waals surface area contributed by atoms with Crippen molar-refractivity contribution in [3.05, 3.63) is 47.4 Å². The molecule has 0 bridgehead atoms. The molecule has 2 heterocycles. The summed E-state index contributed by atoms with van der Waals surface area (Å²) in [5.41, 5.74) is 2.16. The minimum absolute atomic E-state index is 0.177. The van der Waals surface area contributed by atoms with Crippen LogP contribution < -0.4 is 0 Å². The van der Waals surface area contributed by atoms with E-state index in [1.54, 1.807) is 0 Å². The van der Waals surface area contributed by atoms with Crippen molar-refractivity contribution in [2.24, 2.45) is 0 Å². The Kier molecular flexibility index (Phi) is 6.30. The molecule has 0 aliphatic carbocycles. The number of rotatable bonds is 3. The van der Waals surface area contributed by atoms with Crippen LogP contribution in [0.1, 0.15) is 53.5 Å². The monoisotopic (exact) mass is 329 g/mol. The molecule has 3 rings (SSSR count). The highest BCUT2D eigenvalue weighted by atomic mass is 16.7. The fraction of sp³-hybridized carbons (Fsp3) is 0.600. The van der Waals surface area contributed by atoms with Crippen LogP contribution in [0.4, 0.5) is 0 Å². The van der Waals surface area contributed by atoms with E-state index in [2.05, 4.69) is 69.0 Å². The number of nitrogens with zero attached hydrogens (tertiary/aromatic N) is 1. The van der Waals surface area contributed by atoms with Crippen LogP contribution in [-0.2, 0) is 15.9 Å². The Balaban J connectivity index is 0.00000100. The maximum absolute atomic E-state index is 6.15. The van der Waals surface area contributed by atoms with E-state index in [-0.39, 0.29) is 18.3 Å². The van der Waals surface area contributed by atoms with Crippen molar-refractivity contribution in [1.29, 1.82) is 0 Å². The number of benzene rings is 1. The summed E-state index contributed by atoms with van der Waals surface area (Å²) in [4.78, 5) is 2.46. The molecule has 1 aromatic rings. The van der Waals surface area contributed by atoms with Crippen LogP contribution >= 0.6 is 0 Å². The number of hydrogen-bond donors (Lipinski definition) is 0. The van der Waals surface area contributed by atoms with E-state index in [0.717, 1.165) is 26.1 Å². The standard InChI is InChI=1S/C18H26BNO2.C2H6/c1-17(2)18(3,4)22-19(21-17)16-10-12-20(13-11-16)14-15-8-6-5-7-9-15;1-2/h5-10H,11-14H2,1-4H3;1-2H3. The van der Waals surface area contributed by atoms with Crippen molar-refractivity contribution in [2.45, 2.75) is 65.7 Å². The fourth-order valence-electron chi connectivity index (χ4n) is 2.92. The molecule has 1 saturated heterocycles. The molecule has 4 heteroatoms. The summed E-state index contributed by atoms with van der Waals surface area (Å²) in [5, 5.41) is 0. The minimum atomic E-state index is -0.250. The van der Waals surface area contributed by atoms with Gasteiger partial charge in [0.25, 0.3) is 0 Å². The van der Waals surface area contributed by atoms with E-state index < -0.39 is 0 Å². The third-order valence-corrected chi connectivity index (χ3v) is 5.13. The van der Waals surface area contributed by atoms with Crippen molar-refractivity contribution in [2.75, 3.05) is 13.1 Å². The molecule has 0 unspecified atom stereocenters. The van der Waals surface area contributed by atoms with E-state index in [1.807, 2.05) is 13.8 Å². The van der Waals surface area contributed by atoms with Crippen molar-refractivity contribution in [3.63, 3.8) is 0 Å². The average Bonchev–Trinajstić information content (AvgIpc) is 2.79. The summed E-state index contributed by atoms with van der Waals surface area (Å²) in [7, 11) is -0.177. The number of hydrogen-bond acceptors (Lipinski definition) is 3. The third kappa shape index (κ3) is 4.30. The maximum Gasteiger partial charge on any atom is 0.490 e. The smallest absolute Gasteiger partial charge is 0.400 e. The first kappa shape index (κ1) is 19.2. The second-order valence-corrected chi connectivity index (χ2v) is 7.34. The van der Waals surface area contributed by atoms with Crippen LogP contribution in [0, 0.1) is 0 Å². The van der Waals surface area contributed by atoms with Gasteiger partial charge in [0, 0.05) is 19.6 Å². The summed E-state index contributed by atoms with van der Waals surface area (Å²) >= 11 is 0. The summed E-state index contributed by atoms with van der Waals surface area (Å²) in [6, 6.07) is 10.6. The molecule has 0 spiro atoms. The molecule has 132 valence electrons. The van der Waals surface area contributed by atoms with Crippen LogP contribution in [0.3, 0.4) is 0 Å². The first-order valence-electron chi connectivity index (χ1n) is 9.18. The molecule has 0 N–H and O–H groups in total. The molecule has 1 aromatic carbocycles. The van der Waals surface area contributed by atoms with Gasteiger partial charge in [-0.25, -0.2) is 0 Å². The van der Waals surface area contributed by atoms with E-state index in [4.69, 9.17) is 9.31 Å². The topological polar surface area (TPSA) is 21.7 Å². The van der Waals surface area contributed by atoms with Crippen LogP contribution in [0.2, 0.25) is 0 Å². The molecule has 0 radical (unpaired) electrons. The third-order valence-electron chi connectivity index (χ3n) is 5.13. The SMILES string of the molecule is CC.CC1(C)OB(C2=CCN(Cc3ccccc3)CC2)OC1(C)C. The van der Waals surface area contributed by atoms with E-state index in [9.17, 15) is 0 Å². The molecule has 0 saturated carbocycles. The first-order valence-corrected chi connectivity index (χ1v) is 9.18. The molecule has 0 aromatic heterocycles. The lowest BCUT2D eigenvalue weighted by Crippen LogP contribution is -2.41. The Bertz CT molecular complexity index is 538. The highest BCUT2D eigenvalue weighted by Crippen LogP contribution is 2.39. The summed E-state index contributed by atoms with van der Waals surface area (Å²) in [6.07, 6.45) is 3.30. The molecule has 0 amide bonds. The van der Waals surface area contributed by atoms with Gasteiger partial charge in [0.15, 0.2) is 0 Å². The second kappa shape index (κ2) is 7.86. The Morgan fingerprint density at radius 3 is 2.08 bits per heavy atom. The van der Waals surface area contributed by atoms with Crippen LogP contribution in [0.5, 0.6) is 0 Å².